The molecule has 4 amide bonds. The van der Waals surface area contributed by atoms with Crippen LogP contribution in [0.3, 0.4) is 0 Å². The van der Waals surface area contributed by atoms with Crippen molar-refractivity contribution in [3.05, 3.63) is 48.0 Å². The number of phenols is 1. The summed E-state index contributed by atoms with van der Waals surface area (Å²) in [5, 5.41) is 21.0. The third-order valence-electron chi connectivity index (χ3n) is 5.24. The van der Waals surface area contributed by atoms with E-state index in [2.05, 4.69) is 10.7 Å². The number of para-hydroxylation sites is 1. The number of carbonyl (C=O) groups is 5. The molecule has 0 spiro atoms. The molecule has 0 heterocycles. The van der Waals surface area contributed by atoms with E-state index in [0.717, 1.165) is 12.0 Å². The number of carboxylic acid groups (broad SMARTS) is 1. The van der Waals surface area contributed by atoms with E-state index in [9.17, 15) is 29.1 Å². The van der Waals surface area contributed by atoms with Crippen molar-refractivity contribution in [3.63, 3.8) is 0 Å². The van der Waals surface area contributed by atoms with Gasteiger partial charge < -0.3 is 30.7 Å². The second kappa shape index (κ2) is 14.8. The van der Waals surface area contributed by atoms with E-state index >= 15 is 0 Å². The first-order chi connectivity index (χ1) is 18.5. The average molecular weight is 546 g/mol. The maximum Gasteiger partial charge on any atom is 0.416 e. The minimum atomic E-state index is -1.64. The number of aromatic hydroxyl groups is 1. The number of benzene rings is 2. The van der Waals surface area contributed by atoms with Crippen LogP contribution >= 0.6 is 0 Å². The number of aliphatic carboxylic acids is 1. The maximum atomic E-state index is 12.9. The first-order valence-corrected chi connectivity index (χ1v) is 11.8. The van der Waals surface area contributed by atoms with Crippen molar-refractivity contribution in [3.8, 4) is 11.5 Å². The molecule has 1 atom stereocenters. The number of hydrazine groups is 1. The van der Waals surface area contributed by atoms with Gasteiger partial charge in [-0.2, -0.15) is 0 Å². The highest BCUT2D eigenvalue weighted by Crippen LogP contribution is 2.33. The molecule has 14 nitrogen and oxygen atoms in total. The molecule has 0 radical (unpaired) electrons. The summed E-state index contributed by atoms with van der Waals surface area (Å²) >= 11 is 0. The molecule has 0 aliphatic heterocycles. The number of unbranched alkanes of at least 4 members (excludes halogenated alkanes) is 1. The molecule has 2 rings (SSSR count). The topological polar surface area (TPSA) is 210 Å². The molecule has 210 valence electrons. The molecule has 14 heteroatoms. The van der Waals surface area contributed by atoms with Gasteiger partial charge in [0, 0.05) is 13.5 Å². The molecule has 0 fully saturated rings. The zero-order chi connectivity index (χ0) is 28.9. The Morgan fingerprint density at radius 1 is 1.05 bits per heavy atom. The number of carboxylic acids is 1. The summed E-state index contributed by atoms with van der Waals surface area (Å²) in [4.78, 5) is 59.1. The Kier molecular flexibility index (Phi) is 11.5. The fraction of sp³-hybridized carbons (Fsp3) is 0.320. The number of anilines is 2. The fourth-order valence-corrected chi connectivity index (χ4v) is 3.35. The number of phenolic OH excluding ortho intramolecular Hbond substituents is 1. The van der Waals surface area contributed by atoms with E-state index in [1.165, 1.54) is 13.0 Å². The number of hydrogen-bond donors (Lipinski definition) is 6. The van der Waals surface area contributed by atoms with Crippen LogP contribution in [0, 0.1) is 0 Å². The largest absolute Gasteiger partial charge is 0.506 e. The van der Waals surface area contributed by atoms with Crippen molar-refractivity contribution < 1.29 is 43.7 Å². The summed E-state index contributed by atoms with van der Waals surface area (Å²) in [5.74, 6) is -3.75. The third kappa shape index (κ3) is 9.51. The summed E-state index contributed by atoms with van der Waals surface area (Å²) in [6, 6.07) is 9.86. The van der Waals surface area contributed by atoms with Gasteiger partial charge in [0.25, 0.3) is 0 Å². The second-order valence-electron chi connectivity index (χ2n) is 8.24. The predicted octanol–water partition coefficient (Wildman–Crippen LogP) is 1.20. The van der Waals surface area contributed by atoms with Gasteiger partial charge in [-0.15, -0.1) is 0 Å². The van der Waals surface area contributed by atoms with E-state index in [4.69, 9.17) is 20.3 Å². The van der Waals surface area contributed by atoms with Crippen molar-refractivity contribution in [1.82, 2.24) is 10.3 Å². The van der Waals surface area contributed by atoms with E-state index in [0.29, 0.717) is 24.1 Å². The zero-order valence-electron chi connectivity index (χ0n) is 21.4. The molecule has 0 saturated carbocycles. The van der Waals surface area contributed by atoms with Crippen molar-refractivity contribution in [2.45, 2.75) is 32.2 Å². The molecule has 0 saturated heterocycles. The van der Waals surface area contributed by atoms with Gasteiger partial charge in [-0.3, -0.25) is 25.2 Å². The van der Waals surface area contributed by atoms with Gasteiger partial charge in [0.15, 0.2) is 0 Å². The number of nitrogens with two attached hydrogens (primary N) is 1. The lowest BCUT2D eigenvalue weighted by atomic mass is 10.0. The molecular formula is C25H31N5O9. The minimum Gasteiger partial charge on any atom is -0.506 e. The Bertz CT molecular complexity index is 1190. The predicted molar refractivity (Wildman–Crippen MR) is 139 cm³/mol. The second-order valence-corrected chi connectivity index (χ2v) is 8.24. The Labute approximate surface area is 224 Å². The quantitative estimate of drug-likeness (QED) is 0.0965. The smallest absolute Gasteiger partial charge is 0.416 e. The van der Waals surface area contributed by atoms with Crippen LogP contribution in [0.15, 0.2) is 42.5 Å². The standard InChI is InChI=1S/C25H31N5O9/c1-15(31)27-21-19(32)6-5-7-20(21)39-13-4-3-12-30(25(37)38-2)23(34)18(26)14-16-8-10-17(11-9-16)28-29-22(33)24(35)36/h5-11,18,28,32H,3-4,12-14,26H2,1-2H3,(H,27,31)(H,29,33)(H,35,36)/t18-/m0/s1. The number of nitrogens with one attached hydrogen (secondary N) is 3. The van der Waals surface area contributed by atoms with E-state index in [1.54, 1.807) is 36.4 Å². The molecule has 0 aromatic heterocycles. The van der Waals surface area contributed by atoms with Gasteiger partial charge in [-0.25, -0.2) is 14.5 Å². The Morgan fingerprint density at radius 2 is 1.74 bits per heavy atom. The maximum absolute atomic E-state index is 12.9. The number of imide groups is 1. The van der Waals surface area contributed by atoms with Crippen LogP contribution in [0.1, 0.15) is 25.3 Å². The van der Waals surface area contributed by atoms with Gasteiger partial charge in [-0.1, -0.05) is 18.2 Å². The van der Waals surface area contributed by atoms with Gasteiger partial charge in [0.2, 0.25) is 11.8 Å². The lowest BCUT2D eigenvalue weighted by Crippen LogP contribution is -2.48. The molecule has 0 bridgehead atoms. The highest BCUT2D eigenvalue weighted by molar-refractivity contribution is 6.31. The number of carbonyl (C=O) groups excluding carboxylic acids is 4. The van der Waals surface area contributed by atoms with Crippen molar-refractivity contribution in [2.24, 2.45) is 5.73 Å². The first-order valence-electron chi connectivity index (χ1n) is 11.8. The van der Waals surface area contributed by atoms with Crippen molar-refractivity contribution in [1.29, 1.82) is 0 Å². The monoisotopic (exact) mass is 545 g/mol. The molecule has 0 unspecified atom stereocenters. The number of amides is 4. The molecule has 2 aromatic rings. The minimum absolute atomic E-state index is 0.0211. The van der Waals surface area contributed by atoms with Gasteiger partial charge >= 0.3 is 18.0 Å². The van der Waals surface area contributed by atoms with E-state index in [1.807, 2.05) is 5.43 Å². The van der Waals surface area contributed by atoms with Crippen LogP contribution in [-0.2, 0) is 30.3 Å². The fourth-order valence-electron chi connectivity index (χ4n) is 3.35. The van der Waals surface area contributed by atoms with Crippen LogP contribution < -0.4 is 26.6 Å². The summed E-state index contributed by atoms with van der Waals surface area (Å²) in [6.45, 7) is 1.50. The average Bonchev–Trinajstić information content (AvgIpc) is 2.90. The third-order valence-corrected chi connectivity index (χ3v) is 5.24. The van der Waals surface area contributed by atoms with Gasteiger partial charge in [0.1, 0.15) is 17.2 Å². The molecule has 0 aliphatic carbocycles. The van der Waals surface area contributed by atoms with Crippen LogP contribution in [0.4, 0.5) is 16.2 Å². The van der Waals surface area contributed by atoms with Crippen molar-refractivity contribution in [2.75, 3.05) is 31.0 Å². The molecule has 2 aromatic carbocycles. The molecule has 0 aliphatic rings. The van der Waals surface area contributed by atoms with Gasteiger partial charge in [0.05, 0.1) is 25.4 Å². The van der Waals surface area contributed by atoms with Crippen LogP contribution in [-0.4, -0.2) is 71.2 Å². The summed E-state index contributed by atoms with van der Waals surface area (Å²) in [6.07, 6.45) is 0.0363. The number of nitrogens with zero attached hydrogens (tertiary/aromatic N) is 1. The highest BCUT2D eigenvalue weighted by Gasteiger charge is 2.27. The first kappa shape index (κ1) is 30.4. The summed E-state index contributed by atoms with van der Waals surface area (Å²) < 4.78 is 10.4. The number of hydrogen-bond acceptors (Lipinski definition) is 10. The summed E-state index contributed by atoms with van der Waals surface area (Å²) in [7, 11) is 1.15. The Morgan fingerprint density at radius 3 is 2.36 bits per heavy atom. The SMILES string of the molecule is COC(=O)N(CCCCOc1cccc(O)c1NC(C)=O)C(=O)[C@@H](N)Cc1ccc(NNC(=O)C(=O)O)cc1. The lowest BCUT2D eigenvalue weighted by Gasteiger charge is -2.23. The Hall–Kier alpha value is -4.85. The molecular weight excluding hydrogens is 514 g/mol. The number of ether oxygens (including phenoxy) is 2. The van der Waals surface area contributed by atoms with Crippen LogP contribution in [0.5, 0.6) is 11.5 Å². The normalized spacial score (nSPS) is 11.1. The Balaban J connectivity index is 1.89. The molecule has 39 heavy (non-hydrogen) atoms. The number of methoxy groups -OCH3 is 1. The zero-order valence-corrected chi connectivity index (χ0v) is 21.4. The lowest BCUT2D eigenvalue weighted by molar-refractivity contribution is -0.149. The molecule has 7 N–H and O–H groups in total. The summed E-state index contributed by atoms with van der Waals surface area (Å²) in [5.41, 5.74) is 11.7. The highest BCUT2D eigenvalue weighted by atomic mass is 16.5. The van der Waals surface area contributed by atoms with E-state index < -0.39 is 29.9 Å². The van der Waals surface area contributed by atoms with Crippen LogP contribution in [0.25, 0.3) is 0 Å². The number of rotatable bonds is 12. The van der Waals surface area contributed by atoms with Gasteiger partial charge in [-0.05, 0) is 49.1 Å². The van der Waals surface area contributed by atoms with Crippen LogP contribution in [0.2, 0.25) is 0 Å². The van der Waals surface area contributed by atoms with Crippen molar-refractivity contribution >= 4 is 41.2 Å². The van der Waals surface area contributed by atoms with E-state index in [-0.39, 0.29) is 42.7 Å².